The lowest BCUT2D eigenvalue weighted by Gasteiger charge is -2.39. The van der Waals surface area contributed by atoms with Gasteiger partial charge in [0.1, 0.15) is 5.82 Å². The minimum atomic E-state index is -0.202. The lowest BCUT2D eigenvalue weighted by Crippen LogP contribution is -2.49. The summed E-state index contributed by atoms with van der Waals surface area (Å²) in [6.45, 7) is 10.7. The van der Waals surface area contributed by atoms with Crippen LogP contribution in [-0.4, -0.2) is 73.7 Å². The first kappa shape index (κ1) is 23.7. The van der Waals surface area contributed by atoms with Gasteiger partial charge in [-0.15, -0.1) is 0 Å². The van der Waals surface area contributed by atoms with Gasteiger partial charge in [-0.2, -0.15) is 0 Å². The molecule has 2 heterocycles. The Morgan fingerprint density at radius 1 is 1.06 bits per heavy atom. The van der Waals surface area contributed by atoms with Crippen LogP contribution < -0.4 is 5.32 Å². The van der Waals surface area contributed by atoms with Crippen LogP contribution in [0.2, 0.25) is 0 Å². The first-order chi connectivity index (χ1) is 15.4. The summed E-state index contributed by atoms with van der Waals surface area (Å²) in [5.41, 5.74) is 1.12. The minimum absolute atomic E-state index is 0.0389. The second-order valence-corrected chi connectivity index (χ2v) is 10.5. The van der Waals surface area contributed by atoms with Gasteiger partial charge >= 0.3 is 0 Å². The number of morpholine rings is 1. The highest BCUT2D eigenvalue weighted by atomic mass is 19.1. The van der Waals surface area contributed by atoms with E-state index in [-0.39, 0.29) is 17.1 Å². The molecule has 1 saturated carbocycles. The van der Waals surface area contributed by atoms with E-state index >= 15 is 0 Å². The summed E-state index contributed by atoms with van der Waals surface area (Å²) in [6, 6.07) is 6.88. The molecule has 2 aliphatic heterocycles. The molecule has 2 unspecified atom stereocenters. The number of piperidine rings is 1. The molecule has 0 radical (unpaired) electrons. The fourth-order valence-corrected chi connectivity index (χ4v) is 6.08. The molecule has 32 heavy (non-hydrogen) atoms. The van der Waals surface area contributed by atoms with Crippen molar-refractivity contribution in [2.75, 3.05) is 45.8 Å². The van der Waals surface area contributed by atoms with Gasteiger partial charge in [0.15, 0.2) is 0 Å². The number of nitrogens with one attached hydrogen (secondary N) is 1. The second-order valence-electron chi connectivity index (χ2n) is 10.5. The van der Waals surface area contributed by atoms with Crippen molar-refractivity contribution >= 4 is 5.91 Å². The van der Waals surface area contributed by atoms with Crippen molar-refractivity contribution in [3.8, 4) is 0 Å². The molecule has 2 atom stereocenters. The summed E-state index contributed by atoms with van der Waals surface area (Å²) >= 11 is 0. The molecule has 4 rings (SSSR count). The van der Waals surface area contributed by atoms with Crippen molar-refractivity contribution in [3.05, 3.63) is 35.6 Å². The lowest BCUT2D eigenvalue weighted by atomic mass is 9.79. The van der Waals surface area contributed by atoms with Gasteiger partial charge in [0.05, 0.1) is 18.8 Å². The van der Waals surface area contributed by atoms with Gasteiger partial charge in [0.25, 0.3) is 0 Å². The average Bonchev–Trinajstić information content (AvgIpc) is 3.24. The van der Waals surface area contributed by atoms with Crippen LogP contribution in [0, 0.1) is 11.7 Å². The summed E-state index contributed by atoms with van der Waals surface area (Å²) in [6.07, 6.45) is 7.41. The predicted octanol–water partition coefficient (Wildman–Crippen LogP) is 3.57. The highest BCUT2D eigenvalue weighted by Gasteiger charge is 2.36. The Balaban J connectivity index is 1.21. The smallest absolute Gasteiger partial charge is 0.234 e. The van der Waals surface area contributed by atoms with Gasteiger partial charge in [-0.1, -0.05) is 25.0 Å². The number of likely N-dealkylation sites (tertiary alicyclic amines) is 1. The first-order valence-electron chi connectivity index (χ1n) is 12.5. The van der Waals surface area contributed by atoms with Crippen molar-refractivity contribution in [1.82, 2.24) is 15.1 Å². The van der Waals surface area contributed by atoms with Crippen LogP contribution in [0.3, 0.4) is 0 Å². The minimum Gasteiger partial charge on any atom is -0.373 e. The Bertz CT molecular complexity index is 732. The molecule has 178 valence electrons. The van der Waals surface area contributed by atoms with Crippen molar-refractivity contribution in [2.24, 2.45) is 5.92 Å². The average molecular weight is 446 g/mol. The first-order valence-corrected chi connectivity index (χ1v) is 12.5. The zero-order valence-corrected chi connectivity index (χ0v) is 19.8. The van der Waals surface area contributed by atoms with E-state index in [4.69, 9.17) is 4.74 Å². The molecule has 3 fully saturated rings. The second kappa shape index (κ2) is 10.6. The Labute approximate surface area is 192 Å². The third-order valence-electron chi connectivity index (χ3n) is 7.73. The van der Waals surface area contributed by atoms with Crippen LogP contribution in [0.15, 0.2) is 24.3 Å². The van der Waals surface area contributed by atoms with E-state index in [9.17, 15) is 9.18 Å². The van der Waals surface area contributed by atoms with Gasteiger partial charge < -0.3 is 10.1 Å². The predicted molar refractivity (Wildman–Crippen MR) is 125 cm³/mol. The zero-order chi connectivity index (χ0) is 22.6. The number of ether oxygens (including phenoxy) is 1. The van der Waals surface area contributed by atoms with E-state index in [1.54, 1.807) is 12.1 Å². The van der Waals surface area contributed by atoms with Crippen LogP contribution in [0.25, 0.3) is 0 Å². The van der Waals surface area contributed by atoms with Crippen LogP contribution in [0.4, 0.5) is 4.39 Å². The normalized spacial score (nSPS) is 27.5. The molecule has 6 heteroatoms. The Morgan fingerprint density at radius 3 is 2.31 bits per heavy atom. The van der Waals surface area contributed by atoms with Gasteiger partial charge in [-0.3, -0.25) is 14.6 Å². The monoisotopic (exact) mass is 445 g/mol. The van der Waals surface area contributed by atoms with Crippen molar-refractivity contribution < 1.29 is 13.9 Å². The van der Waals surface area contributed by atoms with Crippen molar-refractivity contribution in [1.29, 1.82) is 0 Å². The maximum atomic E-state index is 13.4. The van der Waals surface area contributed by atoms with E-state index in [1.165, 1.54) is 12.8 Å². The number of nitrogens with zero attached hydrogens (tertiary/aromatic N) is 2. The standard InChI is InChI=1S/C26H40FN3O2/c1-20-15-30(16-21(2)32-20)17-22-9-13-29(14-10-22)18-25(31)28-19-26(11-3-4-12-26)23-5-7-24(27)8-6-23/h5-8,20-22H,3-4,9-19H2,1-2H3,(H,28,31). The molecule has 2 saturated heterocycles. The molecule has 1 aromatic rings. The fraction of sp³-hybridized carbons (Fsp3) is 0.731. The summed E-state index contributed by atoms with van der Waals surface area (Å²) in [4.78, 5) is 17.6. The molecule has 0 aromatic heterocycles. The number of benzene rings is 1. The molecule has 0 spiro atoms. The number of carbonyl (C=O) groups excluding carboxylic acids is 1. The number of amides is 1. The third kappa shape index (κ3) is 6.09. The van der Waals surface area contributed by atoms with Gasteiger partial charge in [-0.25, -0.2) is 4.39 Å². The molecular formula is C26H40FN3O2. The molecule has 1 aliphatic carbocycles. The van der Waals surface area contributed by atoms with Crippen LogP contribution in [0.1, 0.15) is 57.9 Å². The quantitative estimate of drug-likeness (QED) is 0.697. The fourth-order valence-electron chi connectivity index (χ4n) is 6.08. The van der Waals surface area contributed by atoms with Gasteiger partial charge in [-0.05, 0) is 76.2 Å². The maximum Gasteiger partial charge on any atom is 0.234 e. The zero-order valence-electron chi connectivity index (χ0n) is 19.8. The van der Waals surface area contributed by atoms with E-state index in [0.717, 1.165) is 64.0 Å². The summed E-state index contributed by atoms with van der Waals surface area (Å²) in [7, 11) is 0. The van der Waals surface area contributed by atoms with E-state index < -0.39 is 0 Å². The molecule has 1 amide bonds. The molecular weight excluding hydrogens is 405 g/mol. The number of hydrogen-bond donors (Lipinski definition) is 1. The third-order valence-corrected chi connectivity index (χ3v) is 7.73. The number of hydrogen-bond acceptors (Lipinski definition) is 4. The van der Waals surface area contributed by atoms with Crippen molar-refractivity contribution in [2.45, 2.75) is 70.0 Å². The topological polar surface area (TPSA) is 44.8 Å². The van der Waals surface area contributed by atoms with E-state index in [0.29, 0.717) is 31.2 Å². The number of halogens is 1. The molecule has 1 aromatic carbocycles. The summed E-state index contributed by atoms with van der Waals surface area (Å²) in [5, 5.41) is 3.22. The largest absolute Gasteiger partial charge is 0.373 e. The van der Waals surface area contributed by atoms with E-state index in [2.05, 4.69) is 29.0 Å². The number of rotatable bonds is 7. The van der Waals surface area contributed by atoms with Gasteiger partial charge in [0, 0.05) is 31.6 Å². The maximum absolute atomic E-state index is 13.4. The highest BCUT2D eigenvalue weighted by Crippen LogP contribution is 2.40. The van der Waals surface area contributed by atoms with Gasteiger partial charge in [0.2, 0.25) is 5.91 Å². The molecule has 0 bridgehead atoms. The van der Waals surface area contributed by atoms with Crippen LogP contribution >= 0.6 is 0 Å². The highest BCUT2D eigenvalue weighted by molar-refractivity contribution is 5.78. The molecule has 5 nitrogen and oxygen atoms in total. The van der Waals surface area contributed by atoms with E-state index in [1.807, 2.05) is 12.1 Å². The SMILES string of the molecule is CC1CN(CC2CCN(CC(=O)NCC3(c4ccc(F)cc4)CCCC3)CC2)CC(C)O1. The van der Waals surface area contributed by atoms with Crippen LogP contribution in [-0.2, 0) is 14.9 Å². The summed E-state index contributed by atoms with van der Waals surface area (Å²) < 4.78 is 19.2. The van der Waals surface area contributed by atoms with Crippen molar-refractivity contribution in [3.63, 3.8) is 0 Å². The number of carbonyl (C=O) groups is 1. The Kier molecular flexibility index (Phi) is 7.85. The lowest BCUT2D eigenvalue weighted by molar-refractivity contribution is -0.123. The summed E-state index contributed by atoms with van der Waals surface area (Å²) in [5.74, 6) is 0.631. The van der Waals surface area contributed by atoms with Crippen LogP contribution in [0.5, 0.6) is 0 Å². The molecule has 1 N–H and O–H groups in total. The Morgan fingerprint density at radius 2 is 1.69 bits per heavy atom. The Hall–Kier alpha value is -1.50. The molecule has 3 aliphatic rings.